The molecule has 1 aromatic heterocycles. The normalized spacial score (nSPS) is 16.0. The van der Waals surface area contributed by atoms with Gasteiger partial charge >= 0.3 is 0 Å². The molecule has 2 aromatic carbocycles. The molecule has 29 heavy (non-hydrogen) atoms. The third kappa shape index (κ3) is 3.55. The van der Waals surface area contributed by atoms with Crippen LogP contribution in [0, 0.1) is 12.7 Å². The summed E-state index contributed by atoms with van der Waals surface area (Å²) in [6.45, 7) is 1.90. The van der Waals surface area contributed by atoms with E-state index in [0.717, 1.165) is 16.8 Å². The molecule has 0 bridgehead atoms. The number of hydrogen-bond donors (Lipinski definition) is 1. The number of aromatic nitrogens is 2. The minimum Gasteiger partial charge on any atom is -0.497 e. The fourth-order valence-corrected chi connectivity index (χ4v) is 4.65. The average molecular weight is 413 g/mol. The SMILES string of the molecule is COc1ccc(OC)c(C2SCC(=O)Nc3c2c(C)nn3-c2ccc(F)cc2)c1. The Balaban J connectivity index is 1.91. The van der Waals surface area contributed by atoms with Crippen LogP contribution in [0.3, 0.4) is 0 Å². The summed E-state index contributed by atoms with van der Waals surface area (Å²) in [6, 6.07) is 11.6. The smallest absolute Gasteiger partial charge is 0.235 e. The molecule has 1 N–H and O–H groups in total. The largest absolute Gasteiger partial charge is 0.497 e. The first kappa shape index (κ1) is 19.3. The lowest BCUT2D eigenvalue weighted by Gasteiger charge is -2.19. The topological polar surface area (TPSA) is 65.4 Å². The van der Waals surface area contributed by atoms with Crippen molar-refractivity contribution in [1.29, 1.82) is 0 Å². The first-order valence-corrected chi connectivity index (χ1v) is 10.1. The molecule has 1 amide bonds. The van der Waals surface area contributed by atoms with Gasteiger partial charge in [-0.05, 0) is 49.4 Å². The molecular formula is C21H20FN3O3S. The summed E-state index contributed by atoms with van der Waals surface area (Å²) < 4.78 is 26.0. The Labute approximate surface area is 172 Å². The van der Waals surface area contributed by atoms with E-state index in [1.807, 2.05) is 25.1 Å². The molecule has 1 aliphatic heterocycles. The number of nitrogens with zero attached hydrogens (tertiary/aromatic N) is 2. The van der Waals surface area contributed by atoms with Gasteiger partial charge in [0.2, 0.25) is 5.91 Å². The molecule has 3 aromatic rings. The maximum Gasteiger partial charge on any atom is 0.235 e. The van der Waals surface area contributed by atoms with E-state index >= 15 is 0 Å². The second-order valence-corrected chi connectivity index (χ2v) is 7.68. The highest BCUT2D eigenvalue weighted by Crippen LogP contribution is 2.47. The van der Waals surface area contributed by atoms with Gasteiger partial charge in [0.05, 0.1) is 36.6 Å². The molecule has 0 fully saturated rings. The number of nitrogens with one attached hydrogen (secondary N) is 1. The summed E-state index contributed by atoms with van der Waals surface area (Å²) in [7, 11) is 3.23. The Morgan fingerprint density at radius 1 is 1.17 bits per heavy atom. The highest BCUT2D eigenvalue weighted by atomic mass is 32.2. The third-order valence-electron chi connectivity index (χ3n) is 4.80. The van der Waals surface area contributed by atoms with Gasteiger partial charge in [-0.2, -0.15) is 5.10 Å². The van der Waals surface area contributed by atoms with Gasteiger partial charge < -0.3 is 14.8 Å². The van der Waals surface area contributed by atoms with Gasteiger partial charge in [0.1, 0.15) is 23.1 Å². The van der Waals surface area contributed by atoms with Crippen LogP contribution in [-0.2, 0) is 4.79 Å². The van der Waals surface area contributed by atoms with Gasteiger partial charge in [-0.3, -0.25) is 4.79 Å². The van der Waals surface area contributed by atoms with E-state index in [1.54, 1.807) is 31.0 Å². The number of halogens is 1. The Morgan fingerprint density at radius 2 is 1.93 bits per heavy atom. The third-order valence-corrected chi connectivity index (χ3v) is 6.05. The van der Waals surface area contributed by atoms with Crippen molar-refractivity contribution in [3.05, 3.63) is 65.1 Å². The van der Waals surface area contributed by atoms with E-state index in [2.05, 4.69) is 10.4 Å². The molecule has 1 atom stereocenters. The van der Waals surface area contributed by atoms with Gasteiger partial charge in [0.25, 0.3) is 0 Å². The Kier molecular flexibility index (Phi) is 5.19. The first-order valence-electron chi connectivity index (χ1n) is 9.00. The van der Waals surface area contributed by atoms with Crippen molar-refractivity contribution in [2.75, 3.05) is 25.3 Å². The number of aryl methyl sites for hydroxylation is 1. The molecule has 8 heteroatoms. The zero-order chi connectivity index (χ0) is 20.5. The van der Waals surface area contributed by atoms with E-state index in [4.69, 9.17) is 9.47 Å². The molecule has 6 nitrogen and oxygen atoms in total. The molecule has 0 aliphatic carbocycles. The lowest BCUT2D eigenvalue weighted by Crippen LogP contribution is -2.15. The van der Waals surface area contributed by atoms with E-state index < -0.39 is 0 Å². The molecule has 0 saturated carbocycles. The number of methoxy groups -OCH3 is 2. The Morgan fingerprint density at radius 3 is 2.62 bits per heavy atom. The van der Waals surface area contributed by atoms with Crippen molar-refractivity contribution < 1.29 is 18.7 Å². The molecule has 150 valence electrons. The molecule has 4 rings (SSSR count). The summed E-state index contributed by atoms with van der Waals surface area (Å²) in [5.41, 5.74) is 3.22. The first-order chi connectivity index (χ1) is 14.0. The Bertz CT molecular complexity index is 1070. The van der Waals surface area contributed by atoms with Crippen LogP contribution in [0.2, 0.25) is 0 Å². The second-order valence-electron chi connectivity index (χ2n) is 6.58. The molecule has 0 saturated heterocycles. The van der Waals surface area contributed by atoms with Gasteiger partial charge in [-0.1, -0.05) is 0 Å². The van der Waals surface area contributed by atoms with Crippen molar-refractivity contribution in [3.63, 3.8) is 0 Å². The minimum absolute atomic E-state index is 0.121. The van der Waals surface area contributed by atoms with Crippen LogP contribution in [0.1, 0.15) is 22.1 Å². The number of carbonyl (C=O) groups is 1. The van der Waals surface area contributed by atoms with Crippen LogP contribution >= 0.6 is 11.8 Å². The summed E-state index contributed by atoms with van der Waals surface area (Å²) >= 11 is 1.50. The number of ether oxygens (including phenoxy) is 2. The number of hydrogen-bond acceptors (Lipinski definition) is 5. The molecule has 0 radical (unpaired) electrons. The molecular weight excluding hydrogens is 393 g/mol. The number of thioether (sulfide) groups is 1. The van der Waals surface area contributed by atoms with Gasteiger partial charge in [0, 0.05) is 11.1 Å². The predicted octanol–water partition coefficient (Wildman–Crippen LogP) is 4.11. The van der Waals surface area contributed by atoms with Crippen LogP contribution in [0.25, 0.3) is 5.69 Å². The molecule has 0 spiro atoms. The highest BCUT2D eigenvalue weighted by Gasteiger charge is 2.32. The van der Waals surface area contributed by atoms with Crippen molar-refractivity contribution in [2.45, 2.75) is 12.2 Å². The average Bonchev–Trinajstić information content (AvgIpc) is 2.93. The monoisotopic (exact) mass is 413 g/mol. The number of rotatable bonds is 4. The van der Waals surface area contributed by atoms with Crippen LogP contribution < -0.4 is 14.8 Å². The quantitative estimate of drug-likeness (QED) is 0.697. The summed E-state index contributed by atoms with van der Waals surface area (Å²) in [4.78, 5) is 12.5. The van der Waals surface area contributed by atoms with Gasteiger partial charge in [-0.25, -0.2) is 9.07 Å². The Hall–Kier alpha value is -3.00. The van der Waals surface area contributed by atoms with E-state index in [-0.39, 0.29) is 22.7 Å². The lowest BCUT2D eigenvalue weighted by molar-refractivity contribution is -0.113. The molecule has 1 aliphatic rings. The van der Waals surface area contributed by atoms with Crippen LogP contribution in [0.4, 0.5) is 10.2 Å². The van der Waals surface area contributed by atoms with Crippen LogP contribution in [0.15, 0.2) is 42.5 Å². The lowest BCUT2D eigenvalue weighted by atomic mass is 10.0. The highest BCUT2D eigenvalue weighted by molar-refractivity contribution is 8.00. The van der Waals surface area contributed by atoms with Crippen molar-refractivity contribution in [2.24, 2.45) is 0 Å². The number of benzene rings is 2. The van der Waals surface area contributed by atoms with Crippen LogP contribution in [-0.4, -0.2) is 35.7 Å². The molecule has 1 unspecified atom stereocenters. The van der Waals surface area contributed by atoms with Gasteiger partial charge in [-0.15, -0.1) is 11.8 Å². The number of amides is 1. The van der Waals surface area contributed by atoms with Crippen molar-refractivity contribution in [3.8, 4) is 17.2 Å². The maximum absolute atomic E-state index is 13.4. The van der Waals surface area contributed by atoms with Crippen molar-refractivity contribution >= 4 is 23.5 Å². The zero-order valence-corrected chi connectivity index (χ0v) is 17.0. The maximum atomic E-state index is 13.4. The van der Waals surface area contributed by atoms with Gasteiger partial charge in [0.15, 0.2) is 0 Å². The summed E-state index contributed by atoms with van der Waals surface area (Å²) in [6.07, 6.45) is 0. The summed E-state index contributed by atoms with van der Waals surface area (Å²) in [5.74, 6) is 1.82. The number of fused-ring (bicyclic) bond motifs is 1. The van der Waals surface area contributed by atoms with E-state index in [9.17, 15) is 9.18 Å². The standard InChI is InChI=1S/C21H20FN3O3S/c1-12-19-20(16-10-15(27-2)8-9-17(16)28-3)29-11-18(26)23-21(19)25(24-12)14-6-4-13(22)5-7-14/h4-10,20H,11H2,1-3H3,(H,23,26). The predicted molar refractivity (Wildman–Crippen MR) is 111 cm³/mol. The summed E-state index contributed by atoms with van der Waals surface area (Å²) in [5, 5.41) is 7.41. The van der Waals surface area contributed by atoms with Crippen molar-refractivity contribution in [1.82, 2.24) is 9.78 Å². The van der Waals surface area contributed by atoms with E-state index in [0.29, 0.717) is 23.0 Å². The number of anilines is 1. The fourth-order valence-electron chi connectivity index (χ4n) is 3.44. The van der Waals surface area contributed by atoms with E-state index in [1.165, 1.54) is 23.9 Å². The van der Waals surface area contributed by atoms with Crippen LogP contribution in [0.5, 0.6) is 11.5 Å². The minimum atomic E-state index is -0.331. The second kappa shape index (κ2) is 7.79. The number of carbonyl (C=O) groups excluding carboxylic acids is 1. The molecule has 2 heterocycles. The fraction of sp³-hybridized carbons (Fsp3) is 0.238. The zero-order valence-electron chi connectivity index (χ0n) is 16.2.